The molecule has 7 heteroatoms. The normalized spacial score (nSPS) is 10.1. The maximum absolute atomic E-state index is 12.5. The number of amides is 3. The first-order valence-corrected chi connectivity index (χ1v) is 8.26. The highest BCUT2D eigenvalue weighted by Crippen LogP contribution is 2.28. The number of hydrogen-bond donors (Lipinski definition) is 2. The van der Waals surface area contributed by atoms with E-state index in [0.29, 0.717) is 17.2 Å². The Kier molecular flexibility index (Phi) is 6.03. The molecule has 25 heavy (non-hydrogen) atoms. The van der Waals surface area contributed by atoms with E-state index >= 15 is 0 Å². The van der Waals surface area contributed by atoms with Crippen LogP contribution in [0.2, 0.25) is 0 Å². The minimum Gasteiger partial charge on any atom is -0.496 e. The Labute approximate surface area is 154 Å². The standard InChI is InChI=1S/C18H19BrN2O4/c1-10-8-12(19)9-11(2)16(10)20-18(23)21-17(22)15-13(24-3)6-5-7-14(15)25-4/h5-9H,1-4H3,(H2,20,21,22,23). The van der Waals surface area contributed by atoms with Crippen LogP contribution in [0.1, 0.15) is 21.5 Å². The molecule has 0 saturated carbocycles. The fourth-order valence-corrected chi connectivity index (χ4v) is 3.18. The lowest BCUT2D eigenvalue weighted by molar-refractivity contribution is 0.0961. The molecule has 0 radical (unpaired) electrons. The molecule has 0 aliphatic heterocycles. The molecule has 0 fully saturated rings. The first-order chi connectivity index (χ1) is 11.9. The summed E-state index contributed by atoms with van der Waals surface area (Å²) < 4.78 is 11.3. The monoisotopic (exact) mass is 406 g/mol. The zero-order chi connectivity index (χ0) is 18.6. The number of carbonyl (C=O) groups excluding carboxylic acids is 2. The van der Waals surface area contributed by atoms with Crippen molar-refractivity contribution in [3.8, 4) is 11.5 Å². The Bertz CT molecular complexity index is 775. The molecule has 0 heterocycles. The average Bonchev–Trinajstić information content (AvgIpc) is 2.57. The topological polar surface area (TPSA) is 76.7 Å². The van der Waals surface area contributed by atoms with Crippen molar-refractivity contribution in [1.29, 1.82) is 0 Å². The van der Waals surface area contributed by atoms with Gasteiger partial charge in [0.05, 0.1) is 14.2 Å². The summed E-state index contributed by atoms with van der Waals surface area (Å²) >= 11 is 3.41. The van der Waals surface area contributed by atoms with Gasteiger partial charge in [-0.25, -0.2) is 4.79 Å². The van der Waals surface area contributed by atoms with E-state index in [9.17, 15) is 9.59 Å². The third kappa shape index (κ3) is 4.30. The molecule has 132 valence electrons. The highest BCUT2D eigenvalue weighted by molar-refractivity contribution is 9.10. The van der Waals surface area contributed by atoms with Crippen molar-refractivity contribution in [3.05, 3.63) is 51.5 Å². The molecule has 2 N–H and O–H groups in total. The van der Waals surface area contributed by atoms with Crippen LogP contribution in [0.4, 0.5) is 10.5 Å². The minimum absolute atomic E-state index is 0.159. The van der Waals surface area contributed by atoms with Crippen LogP contribution >= 0.6 is 15.9 Å². The number of ether oxygens (including phenoxy) is 2. The largest absolute Gasteiger partial charge is 0.496 e. The first-order valence-electron chi connectivity index (χ1n) is 7.47. The van der Waals surface area contributed by atoms with E-state index in [0.717, 1.165) is 15.6 Å². The van der Waals surface area contributed by atoms with E-state index in [-0.39, 0.29) is 5.56 Å². The molecule has 0 unspecified atom stereocenters. The Morgan fingerprint density at radius 1 is 1.00 bits per heavy atom. The molecule has 2 rings (SSSR count). The predicted molar refractivity (Wildman–Crippen MR) is 99.6 cm³/mol. The number of hydrogen-bond acceptors (Lipinski definition) is 4. The molecule has 0 aliphatic carbocycles. The summed E-state index contributed by atoms with van der Waals surface area (Å²) in [6.07, 6.45) is 0. The summed E-state index contributed by atoms with van der Waals surface area (Å²) in [5.74, 6) is 0.0283. The lowest BCUT2D eigenvalue weighted by Gasteiger charge is -2.15. The third-order valence-corrected chi connectivity index (χ3v) is 4.08. The molecule has 0 aromatic heterocycles. The second kappa shape index (κ2) is 8.02. The summed E-state index contributed by atoms with van der Waals surface area (Å²) in [7, 11) is 2.89. The van der Waals surface area contributed by atoms with Gasteiger partial charge in [-0.3, -0.25) is 10.1 Å². The van der Waals surface area contributed by atoms with Crippen molar-refractivity contribution in [2.45, 2.75) is 13.8 Å². The summed E-state index contributed by atoms with van der Waals surface area (Å²) in [6, 6.07) is 8.08. The van der Waals surface area contributed by atoms with Gasteiger partial charge in [0, 0.05) is 10.2 Å². The molecule has 0 spiro atoms. The van der Waals surface area contributed by atoms with Gasteiger partial charge >= 0.3 is 6.03 Å². The SMILES string of the molecule is COc1cccc(OC)c1C(=O)NC(=O)Nc1c(C)cc(Br)cc1C. The van der Waals surface area contributed by atoms with Crippen LogP contribution in [0.3, 0.4) is 0 Å². The van der Waals surface area contributed by atoms with Crippen LogP contribution in [-0.4, -0.2) is 26.2 Å². The smallest absolute Gasteiger partial charge is 0.326 e. The highest BCUT2D eigenvalue weighted by atomic mass is 79.9. The number of methoxy groups -OCH3 is 2. The molecular weight excluding hydrogens is 388 g/mol. The number of benzene rings is 2. The second-order valence-corrected chi connectivity index (χ2v) is 6.28. The molecule has 0 bridgehead atoms. The van der Waals surface area contributed by atoms with Crippen LogP contribution in [0, 0.1) is 13.8 Å². The number of urea groups is 1. The van der Waals surface area contributed by atoms with Crippen molar-refractivity contribution in [1.82, 2.24) is 5.32 Å². The number of carbonyl (C=O) groups is 2. The molecule has 3 amide bonds. The van der Waals surface area contributed by atoms with E-state index in [4.69, 9.17) is 9.47 Å². The maximum atomic E-state index is 12.5. The van der Waals surface area contributed by atoms with Gasteiger partial charge in [-0.05, 0) is 49.2 Å². The Morgan fingerprint density at radius 2 is 1.52 bits per heavy atom. The molecule has 0 atom stereocenters. The quantitative estimate of drug-likeness (QED) is 0.802. The number of anilines is 1. The summed E-state index contributed by atoms with van der Waals surface area (Å²) in [6.45, 7) is 3.75. The van der Waals surface area contributed by atoms with Gasteiger partial charge in [-0.2, -0.15) is 0 Å². The van der Waals surface area contributed by atoms with Crippen molar-refractivity contribution >= 4 is 33.6 Å². The van der Waals surface area contributed by atoms with Gasteiger partial charge in [0.25, 0.3) is 5.91 Å². The second-order valence-electron chi connectivity index (χ2n) is 5.36. The zero-order valence-electron chi connectivity index (χ0n) is 14.4. The van der Waals surface area contributed by atoms with E-state index in [1.54, 1.807) is 18.2 Å². The Balaban J connectivity index is 2.21. The number of rotatable bonds is 4. The number of halogens is 1. The van der Waals surface area contributed by atoms with Crippen molar-refractivity contribution in [3.63, 3.8) is 0 Å². The Hall–Kier alpha value is -2.54. The number of imide groups is 1. The maximum Gasteiger partial charge on any atom is 0.326 e. The van der Waals surface area contributed by atoms with E-state index in [1.165, 1.54) is 14.2 Å². The lowest BCUT2D eigenvalue weighted by Crippen LogP contribution is -2.35. The van der Waals surface area contributed by atoms with Crippen molar-refractivity contribution < 1.29 is 19.1 Å². The van der Waals surface area contributed by atoms with Crippen molar-refractivity contribution in [2.24, 2.45) is 0 Å². The third-order valence-electron chi connectivity index (χ3n) is 3.62. The van der Waals surface area contributed by atoms with E-state index < -0.39 is 11.9 Å². The van der Waals surface area contributed by atoms with E-state index in [2.05, 4.69) is 26.6 Å². The van der Waals surface area contributed by atoms with Crippen molar-refractivity contribution in [2.75, 3.05) is 19.5 Å². The fraction of sp³-hybridized carbons (Fsp3) is 0.222. The molecule has 2 aromatic rings. The summed E-state index contributed by atoms with van der Waals surface area (Å²) in [5, 5.41) is 5.01. The van der Waals surface area contributed by atoms with Gasteiger partial charge in [0.15, 0.2) is 0 Å². The lowest BCUT2D eigenvalue weighted by atomic mass is 10.1. The summed E-state index contributed by atoms with van der Waals surface area (Å²) in [4.78, 5) is 24.7. The number of nitrogens with one attached hydrogen (secondary N) is 2. The van der Waals surface area contributed by atoms with E-state index in [1.807, 2.05) is 26.0 Å². The van der Waals surface area contributed by atoms with Crippen LogP contribution in [0.25, 0.3) is 0 Å². The average molecular weight is 407 g/mol. The Morgan fingerprint density at radius 3 is 2.00 bits per heavy atom. The summed E-state index contributed by atoms with van der Waals surface area (Å²) in [5.41, 5.74) is 2.57. The highest BCUT2D eigenvalue weighted by Gasteiger charge is 2.20. The van der Waals surface area contributed by atoms with Crippen LogP contribution in [0.5, 0.6) is 11.5 Å². The van der Waals surface area contributed by atoms with Crippen LogP contribution in [0.15, 0.2) is 34.8 Å². The fourth-order valence-electron chi connectivity index (χ4n) is 2.49. The minimum atomic E-state index is -0.633. The van der Waals surface area contributed by atoms with Gasteiger partial charge in [0.2, 0.25) is 0 Å². The molecule has 6 nitrogen and oxygen atoms in total. The zero-order valence-corrected chi connectivity index (χ0v) is 16.0. The van der Waals surface area contributed by atoms with Gasteiger partial charge < -0.3 is 14.8 Å². The van der Waals surface area contributed by atoms with Gasteiger partial charge in [-0.15, -0.1) is 0 Å². The molecule has 0 saturated heterocycles. The molecule has 0 aliphatic rings. The van der Waals surface area contributed by atoms with Gasteiger partial charge in [-0.1, -0.05) is 22.0 Å². The van der Waals surface area contributed by atoms with Crippen LogP contribution < -0.4 is 20.1 Å². The van der Waals surface area contributed by atoms with Gasteiger partial charge in [0.1, 0.15) is 17.1 Å². The first kappa shape index (κ1) is 18.8. The number of aryl methyl sites for hydroxylation is 2. The molecule has 2 aromatic carbocycles. The van der Waals surface area contributed by atoms with Crippen LogP contribution in [-0.2, 0) is 0 Å². The predicted octanol–water partition coefficient (Wildman–Crippen LogP) is 4.05. The molecular formula is C18H19BrN2O4.